The maximum Gasteiger partial charge on any atom is 0.310 e. The second-order valence-electron chi connectivity index (χ2n) is 9.15. The Hall–Kier alpha value is -2.07. The average molecular weight is 510 g/mol. The molecule has 2 amide bonds. The molecule has 4 rings (SSSR count). The van der Waals surface area contributed by atoms with Crippen LogP contribution in [0, 0.1) is 11.8 Å². The number of amides is 2. The summed E-state index contributed by atoms with van der Waals surface area (Å²) >= 11 is 7.53. The number of hydrogen-bond acceptors (Lipinski definition) is 8. The number of esters is 1. The molecule has 186 valence electrons. The predicted molar refractivity (Wildman–Crippen MR) is 130 cm³/mol. The summed E-state index contributed by atoms with van der Waals surface area (Å²) in [5.41, 5.74) is 0. The van der Waals surface area contributed by atoms with E-state index in [0.29, 0.717) is 55.5 Å². The number of halogens is 1. The van der Waals surface area contributed by atoms with Crippen molar-refractivity contribution in [3.63, 3.8) is 0 Å². The molecule has 34 heavy (non-hydrogen) atoms. The van der Waals surface area contributed by atoms with Gasteiger partial charge in [-0.3, -0.25) is 14.4 Å². The molecule has 9 nitrogen and oxygen atoms in total. The Balaban J connectivity index is 1.33. The number of piperidine rings is 1. The summed E-state index contributed by atoms with van der Waals surface area (Å²) in [5, 5.41) is 0.767. The molecule has 1 saturated carbocycles. The zero-order valence-corrected chi connectivity index (χ0v) is 21.3. The molecule has 11 heteroatoms. The van der Waals surface area contributed by atoms with Crippen molar-refractivity contribution in [3.05, 3.63) is 11.2 Å². The van der Waals surface area contributed by atoms with Crippen molar-refractivity contribution in [2.24, 2.45) is 11.8 Å². The lowest BCUT2D eigenvalue weighted by molar-refractivity contribution is -0.151. The van der Waals surface area contributed by atoms with E-state index in [4.69, 9.17) is 16.3 Å². The topological polar surface area (TPSA) is 95.9 Å². The molecule has 0 aromatic carbocycles. The first-order valence-electron chi connectivity index (χ1n) is 12.0. The number of ether oxygens (including phenoxy) is 1. The second-order valence-corrected chi connectivity index (χ2v) is 10.5. The van der Waals surface area contributed by atoms with Gasteiger partial charge in [-0.05, 0) is 39.5 Å². The van der Waals surface area contributed by atoms with Gasteiger partial charge in [0.15, 0.2) is 5.16 Å². The number of carbonyl (C=O) groups excluding carboxylic acids is 3. The van der Waals surface area contributed by atoms with Crippen LogP contribution in [-0.4, -0.2) is 88.7 Å². The average Bonchev–Trinajstić information content (AvgIpc) is 3.67. The van der Waals surface area contributed by atoms with Crippen molar-refractivity contribution in [3.8, 4) is 0 Å². The molecule has 2 atom stereocenters. The highest BCUT2D eigenvalue weighted by atomic mass is 35.5. The van der Waals surface area contributed by atoms with Crippen molar-refractivity contribution in [2.75, 3.05) is 50.0 Å². The van der Waals surface area contributed by atoms with E-state index in [1.54, 1.807) is 17.9 Å². The highest BCUT2D eigenvalue weighted by molar-refractivity contribution is 7.99. The van der Waals surface area contributed by atoms with Crippen LogP contribution in [0.5, 0.6) is 0 Å². The zero-order chi connectivity index (χ0) is 24.2. The van der Waals surface area contributed by atoms with Gasteiger partial charge in [0.2, 0.25) is 11.8 Å². The Labute approximate surface area is 209 Å². The third-order valence-corrected chi connectivity index (χ3v) is 7.57. The maximum absolute atomic E-state index is 12.8. The third kappa shape index (κ3) is 6.13. The molecule has 2 unspecified atom stereocenters. The van der Waals surface area contributed by atoms with E-state index in [9.17, 15) is 14.4 Å². The molecule has 3 heterocycles. The number of hydrogen-bond donors (Lipinski definition) is 0. The van der Waals surface area contributed by atoms with Crippen LogP contribution in [0.4, 0.5) is 5.82 Å². The number of likely N-dealkylation sites (tertiary alicyclic amines) is 1. The fourth-order valence-corrected chi connectivity index (χ4v) is 5.53. The number of anilines is 1. The van der Waals surface area contributed by atoms with E-state index in [1.807, 2.05) is 4.90 Å². The van der Waals surface area contributed by atoms with Gasteiger partial charge in [-0.25, -0.2) is 9.97 Å². The molecule has 0 bridgehead atoms. The first-order chi connectivity index (χ1) is 16.4. The Kier molecular flexibility index (Phi) is 8.18. The molecule has 3 aliphatic rings. The van der Waals surface area contributed by atoms with Gasteiger partial charge in [0.1, 0.15) is 11.0 Å². The number of nitrogens with zero attached hydrogens (tertiary/aromatic N) is 5. The van der Waals surface area contributed by atoms with Crippen molar-refractivity contribution in [2.45, 2.75) is 50.7 Å². The normalized spacial score (nSPS) is 23.1. The number of carbonyl (C=O) groups is 3. The molecular formula is C23H32ClN5O4S. The lowest BCUT2D eigenvalue weighted by Crippen LogP contribution is -2.54. The Morgan fingerprint density at radius 1 is 1.12 bits per heavy atom. The largest absolute Gasteiger partial charge is 0.466 e. The third-order valence-electron chi connectivity index (χ3n) is 6.54. The number of piperazine rings is 1. The maximum atomic E-state index is 12.8. The van der Waals surface area contributed by atoms with E-state index in [-0.39, 0.29) is 41.4 Å². The van der Waals surface area contributed by atoms with Crippen LogP contribution in [-0.2, 0) is 19.1 Å². The number of rotatable bonds is 7. The van der Waals surface area contributed by atoms with E-state index < -0.39 is 0 Å². The van der Waals surface area contributed by atoms with E-state index in [0.717, 1.165) is 25.7 Å². The summed E-state index contributed by atoms with van der Waals surface area (Å²) in [6, 6.07) is 1.83. The molecule has 2 saturated heterocycles. The Bertz CT molecular complexity index is 931. The van der Waals surface area contributed by atoms with Crippen molar-refractivity contribution in [1.82, 2.24) is 19.8 Å². The van der Waals surface area contributed by atoms with Gasteiger partial charge < -0.3 is 19.4 Å². The fourth-order valence-electron chi connectivity index (χ4n) is 4.54. The summed E-state index contributed by atoms with van der Waals surface area (Å²) in [5.74, 6) is 0.828. The molecule has 1 aromatic rings. The quantitative estimate of drug-likeness (QED) is 0.239. The number of thioether (sulfide) groups is 1. The van der Waals surface area contributed by atoms with E-state index >= 15 is 0 Å². The van der Waals surface area contributed by atoms with Gasteiger partial charge in [0.05, 0.1) is 18.3 Å². The van der Waals surface area contributed by atoms with Crippen LogP contribution in [0.2, 0.25) is 5.15 Å². The molecule has 0 radical (unpaired) electrons. The second kappa shape index (κ2) is 11.1. The van der Waals surface area contributed by atoms with Crippen molar-refractivity contribution < 1.29 is 19.1 Å². The minimum atomic E-state index is -0.260. The van der Waals surface area contributed by atoms with Crippen LogP contribution in [0.1, 0.15) is 39.5 Å². The lowest BCUT2D eigenvalue weighted by atomic mass is 9.98. The fraction of sp³-hybridized carbons (Fsp3) is 0.696. The molecule has 3 fully saturated rings. The van der Waals surface area contributed by atoms with Crippen LogP contribution < -0.4 is 4.90 Å². The van der Waals surface area contributed by atoms with Gasteiger partial charge in [-0.2, -0.15) is 0 Å². The van der Waals surface area contributed by atoms with Gasteiger partial charge in [0, 0.05) is 50.7 Å². The Morgan fingerprint density at radius 2 is 1.91 bits per heavy atom. The molecule has 0 N–H and O–H groups in total. The lowest BCUT2D eigenvalue weighted by Gasteiger charge is -2.40. The van der Waals surface area contributed by atoms with Gasteiger partial charge in [-0.15, -0.1) is 0 Å². The van der Waals surface area contributed by atoms with Crippen molar-refractivity contribution >= 4 is 47.0 Å². The van der Waals surface area contributed by atoms with E-state index in [1.165, 1.54) is 11.8 Å². The van der Waals surface area contributed by atoms with Crippen LogP contribution in [0.3, 0.4) is 0 Å². The SMILES string of the molecule is CCOC(=O)C1CCCN(C(=O)CSc2nc(Cl)cc(N3CCN(C(=O)C4CC4)C(C)C3)n2)C1. The zero-order valence-electron chi connectivity index (χ0n) is 19.7. The monoisotopic (exact) mass is 509 g/mol. The summed E-state index contributed by atoms with van der Waals surface area (Å²) in [4.78, 5) is 52.1. The first kappa shape index (κ1) is 25.0. The standard InChI is InChI=1S/C23H32ClN5O4S/c1-3-33-22(32)17-5-4-8-28(13-17)20(30)14-34-23-25-18(24)11-19(26-23)27-9-10-29(15(2)12-27)21(31)16-6-7-16/h11,15-17H,3-10,12-14H2,1-2H3. The van der Waals surface area contributed by atoms with Crippen molar-refractivity contribution in [1.29, 1.82) is 0 Å². The molecular weight excluding hydrogens is 478 g/mol. The van der Waals surface area contributed by atoms with E-state index in [2.05, 4.69) is 21.8 Å². The molecule has 1 aromatic heterocycles. The summed E-state index contributed by atoms with van der Waals surface area (Å²) in [7, 11) is 0. The smallest absolute Gasteiger partial charge is 0.310 e. The summed E-state index contributed by atoms with van der Waals surface area (Å²) < 4.78 is 5.12. The summed E-state index contributed by atoms with van der Waals surface area (Å²) in [6.45, 7) is 7.24. The number of aromatic nitrogens is 2. The minimum Gasteiger partial charge on any atom is -0.466 e. The highest BCUT2D eigenvalue weighted by Crippen LogP contribution is 2.33. The molecule has 2 aliphatic heterocycles. The minimum absolute atomic E-state index is 0.0510. The predicted octanol–water partition coefficient (Wildman–Crippen LogP) is 2.47. The van der Waals surface area contributed by atoms with Crippen LogP contribution in [0.25, 0.3) is 0 Å². The van der Waals surface area contributed by atoms with Crippen LogP contribution in [0.15, 0.2) is 11.2 Å². The highest BCUT2D eigenvalue weighted by Gasteiger charge is 2.37. The Morgan fingerprint density at radius 3 is 2.62 bits per heavy atom. The van der Waals surface area contributed by atoms with Gasteiger partial charge in [-0.1, -0.05) is 23.4 Å². The van der Waals surface area contributed by atoms with Gasteiger partial charge in [0.25, 0.3) is 0 Å². The molecule has 1 aliphatic carbocycles. The van der Waals surface area contributed by atoms with Gasteiger partial charge >= 0.3 is 5.97 Å². The summed E-state index contributed by atoms with van der Waals surface area (Å²) in [6.07, 6.45) is 3.54. The molecule has 0 spiro atoms. The first-order valence-corrected chi connectivity index (χ1v) is 13.4. The van der Waals surface area contributed by atoms with Crippen LogP contribution >= 0.6 is 23.4 Å².